The van der Waals surface area contributed by atoms with Crippen LogP contribution in [-0.2, 0) is 9.59 Å². The van der Waals surface area contributed by atoms with Gasteiger partial charge in [0.05, 0.1) is 12.0 Å². The van der Waals surface area contributed by atoms with Gasteiger partial charge in [0.15, 0.2) is 0 Å². The molecule has 108 valence electrons. The van der Waals surface area contributed by atoms with Gasteiger partial charge >= 0.3 is 5.97 Å². The van der Waals surface area contributed by atoms with Crippen LogP contribution in [0.3, 0.4) is 0 Å². The van der Waals surface area contributed by atoms with Gasteiger partial charge in [-0.3, -0.25) is 9.59 Å². The minimum Gasteiger partial charge on any atom is -0.481 e. The van der Waals surface area contributed by atoms with E-state index in [1.54, 1.807) is 0 Å². The lowest BCUT2D eigenvalue weighted by atomic mass is 9.86. The minimum atomic E-state index is -0.794. The third-order valence-electron chi connectivity index (χ3n) is 4.56. The van der Waals surface area contributed by atoms with Crippen LogP contribution in [0.4, 0.5) is 0 Å². The molecule has 0 aromatic heterocycles. The molecule has 0 radical (unpaired) electrons. The van der Waals surface area contributed by atoms with E-state index in [2.05, 4.69) is 5.32 Å². The van der Waals surface area contributed by atoms with Crippen molar-refractivity contribution >= 4 is 11.9 Å². The second kappa shape index (κ2) is 6.37. The van der Waals surface area contributed by atoms with Crippen molar-refractivity contribution in [3.8, 4) is 0 Å². The molecular formula is C14H23NO4. The van der Waals surface area contributed by atoms with E-state index in [-0.39, 0.29) is 29.8 Å². The first-order valence-electron chi connectivity index (χ1n) is 7.26. The maximum Gasteiger partial charge on any atom is 0.306 e. The Labute approximate surface area is 113 Å². The number of carbonyl (C=O) groups is 2. The summed E-state index contributed by atoms with van der Waals surface area (Å²) in [5, 5.41) is 21.6. The van der Waals surface area contributed by atoms with Crippen LogP contribution in [0.1, 0.15) is 44.9 Å². The Bertz CT molecular complexity index is 344. The Kier molecular flexibility index (Phi) is 4.80. The van der Waals surface area contributed by atoms with Gasteiger partial charge in [-0.05, 0) is 32.1 Å². The third-order valence-corrected chi connectivity index (χ3v) is 4.56. The van der Waals surface area contributed by atoms with Gasteiger partial charge < -0.3 is 15.5 Å². The molecule has 19 heavy (non-hydrogen) atoms. The zero-order valence-corrected chi connectivity index (χ0v) is 11.2. The fourth-order valence-corrected chi connectivity index (χ4v) is 3.25. The van der Waals surface area contributed by atoms with Gasteiger partial charge in [-0.1, -0.05) is 12.8 Å². The van der Waals surface area contributed by atoms with Crippen molar-refractivity contribution < 1.29 is 19.8 Å². The van der Waals surface area contributed by atoms with Crippen LogP contribution in [0.15, 0.2) is 0 Å². The molecule has 2 aliphatic carbocycles. The molecule has 0 aromatic carbocycles. The molecule has 0 aromatic rings. The second-order valence-corrected chi connectivity index (χ2v) is 5.90. The maximum absolute atomic E-state index is 12.0. The van der Waals surface area contributed by atoms with E-state index in [1.165, 1.54) is 0 Å². The van der Waals surface area contributed by atoms with Crippen LogP contribution in [0.2, 0.25) is 0 Å². The van der Waals surface area contributed by atoms with Crippen molar-refractivity contribution in [1.29, 1.82) is 0 Å². The van der Waals surface area contributed by atoms with Crippen molar-refractivity contribution in [3.05, 3.63) is 0 Å². The Morgan fingerprint density at radius 3 is 2.37 bits per heavy atom. The van der Waals surface area contributed by atoms with Crippen molar-refractivity contribution in [2.45, 2.75) is 51.0 Å². The van der Waals surface area contributed by atoms with Gasteiger partial charge in [-0.25, -0.2) is 0 Å². The summed E-state index contributed by atoms with van der Waals surface area (Å²) in [5.41, 5.74) is 0. The Morgan fingerprint density at radius 1 is 1.05 bits per heavy atom. The summed E-state index contributed by atoms with van der Waals surface area (Å²) < 4.78 is 0. The summed E-state index contributed by atoms with van der Waals surface area (Å²) in [7, 11) is 0. The Hall–Kier alpha value is -1.10. The SMILES string of the molecule is O=C(O)C1CCC(C(=O)NCC2CCCCC2O)C1. The van der Waals surface area contributed by atoms with Crippen LogP contribution in [-0.4, -0.2) is 34.7 Å². The molecule has 4 atom stereocenters. The number of carbonyl (C=O) groups excluding carboxylic acids is 1. The number of aliphatic hydroxyl groups excluding tert-OH is 1. The van der Waals surface area contributed by atoms with Gasteiger partial charge in [-0.15, -0.1) is 0 Å². The smallest absolute Gasteiger partial charge is 0.306 e. The molecule has 0 heterocycles. The highest BCUT2D eigenvalue weighted by atomic mass is 16.4. The number of hydrogen-bond donors (Lipinski definition) is 3. The Balaban J connectivity index is 1.74. The lowest BCUT2D eigenvalue weighted by molar-refractivity contribution is -0.141. The van der Waals surface area contributed by atoms with Crippen molar-refractivity contribution in [1.82, 2.24) is 5.32 Å². The number of carboxylic acid groups (broad SMARTS) is 1. The summed E-state index contributed by atoms with van der Waals surface area (Å²) in [5.74, 6) is -1.20. The van der Waals surface area contributed by atoms with Gasteiger partial charge in [-0.2, -0.15) is 0 Å². The summed E-state index contributed by atoms with van der Waals surface area (Å²) in [6, 6.07) is 0. The fraction of sp³-hybridized carbons (Fsp3) is 0.857. The first kappa shape index (κ1) is 14.3. The predicted octanol–water partition coefficient (Wildman–Crippen LogP) is 1.15. The number of rotatable bonds is 4. The molecular weight excluding hydrogens is 246 g/mol. The lowest BCUT2D eigenvalue weighted by Crippen LogP contribution is -2.38. The third kappa shape index (κ3) is 3.69. The average molecular weight is 269 g/mol. The minimum absolute atomic E-state index is 0.0403. The molecule has 2 rings (SSSR count). The van der Waals surface area contributed by atoms with E-state index in [0.29, 0.717) is 25.8 Å². The van der Waals surface area contributed by atoms with Gasteiger partial charge in [0.2, 0.25) is 5.91 Å². The lowest BCUT2D eigenvalue weighted by Gasteiger charge is -2.28. The van der Waals surface area contributed by atoms with Crippen LogP contribution in [0.25, 0.3) is 0 Å². The van der Waals surface area contributed by atoms with E-state index < -0.39 is 5.97 Å². The molecule has 1 amide bonds. The molecule has 5 heteroatoms. The molecule has 0 saturated heterocycles. The molecule has 2 aliphatic rings. The van der Waals surface area contributed by atoms with Gasteiger partial charge in [0, 0.05) is 18.4 Å². The largest absolute Gasteiger partial charge is 0.481 e. The highest BCUT2D eigenvalue weighted by Crippen LogP contribution is 2.31. The topological polar surface area (TPSA) is 86.6 Å². The first-order valence-corrected chi connectivity index (χ1v) is 7.26. The molecule has 3 N–H and O–H groups in total. The predicted molar refractivity (Wildman–Crippen MR) is 69.4 cm³/mol. The maximum atomic E-state index is 12.0. The molecule has 5 nitrogen and oxygen atoms in total. The fourth-order valence-electron chi connectivity index (χ4n) is 3.25. The number of amides is 1. The summed E-state index contributed by atoms with van der Waals surface area (Å²) in [6.07, 6.45) is 5.37. The monoisotopic (exact) mass is 269 g/mol. The number of aliphatic hydroxyl groups is 1. The van der Waals surface area contributed by atoms with E-state index in [0.717, 1.165) is 25.7 Å². The molecule has 0 spiro atoms. The average Bonchev–Trinajstić information content (AvgIpc) is 2.87. The molecule has 2 saturated carbocycles. The normalized spacial score (nSPS) is 35.0. The van der Waals surface area contributed by atoms with E-state index in [4.69, 9.17) is 5.11 Å². The second-order valence-electron chi connectivity index (χ2n) is 5.90. The molecule has 2 fully saturated rings. The highest BCUT2D eigenvalue weighted by Gasteiger charge is 2.34. The molecule has 0 aliphatic heterocycles. The highest BCUT2D eigenvalue weighted by molar-refractivity contribution is 5.80. The molecule has 0 bridgehead atoms. The first-order chi connectivity index (χ1) is 9.08. The summed E-state index contributed by atoms with van der Waals surface area (Å²) in [4.78, 5) is 22.8. The van der Waals surface area contributed by atoms with Crippen LogP contribution in [0, 0.1) is 17.8 Å². The number of carboxylic acids is 1. The summed E-state index contributed by atoms with van der Waals surface area (Å²) in [6.45, 7) is 0.522. The number of nitrogens with one attached hydrogen (secondary N) is 1. The number of hydrogen-bond acceptors (Lipinski definition) is 3. The van der Waals surface area contributed by atoms with Gasteiger partial charge in [0.1, 0.15) is 0 Å². The van der Waals surface area contributed by atoms with Gasteiger partial charge in [0.25, 0.3) is 0 Å². The van der Waals surface area contributed by atoms with Crippen molar-refractivity contribution in [2.24, 2.45) is 17.8 Å². The van der Waals surface area contributed by atoms with Crippen LogP contribution in [0.5, 0.6) is 0 Å². The van der Waals surface area contributed by atoms with E-state index >= 15 is 0 Å². The number of aliphatic carboxylic acids is 1. The Morgan fingerprint density at radius 2 is 1.74 bits per heavy atom. The van der Waals surface area contributed by atoms with E-state index in [9.17, 15) is 14.7 Å². The quantitative estimate of drug-likeness (QED) is 0.714. The standard InChI is InChI=1S/C14H23NO4/c16-12-4-2-1-3-11(12)8-15-13(17)9-5-6-10(7-9)14(18)19/h9-12,16H,1-8H2,(H,15,17)(H,18,19). The zero-order valence-electron chi connectivity index (χ0n) is 11.2. The van der Waals surface area contributed by atoms with Crippen molar-refractivity contribution in [3.63, 3.8) is 0 Å². The van der Waals surface area contributed by atoms with Crippen LogP contribution >= 0.6 is 0 Å². The van der Waals surface area contributed by atoms with Crippen molar-refractivity contribution in [2.75, 3.05) is 6.54 Å². The van der Waals surface area contributed by atoms with Crippen LogP contribution < -0.4 is 5.32 Å². The molecule has 4 unspecified atom stereocenters. The zero-order chi connectivity index (χ0) is 13.8. The van der Waals surface area contributed by atoms with E-state index in [1.807, 2.05) is 0 Å². The summed E-state index contributed by atoms with van der Waals surface area (Å²) >= 11 is 0.